The third kappa shape index (κ3) is 4.60. The fourth-order valence-electron chi connectivity index (χ4n) is 2.74. The van der Waals surface area contributed by atoms with Crippen LogP contribution in [0.1, 0.15) is 31.8 Å². The van der Waals surface area contributed by atoms with Crippen LogP contribution in [0.15, 0.2) is 12.4 Å². The average Bonchev–Trinajstić information content (AvgIpc) is 3.11. The summed E-state index contributed by atoms with van der Waals surface area (Å²) >= 11 is 2.94. The first-order chi connectivity index (χ1) is 12.6. The van der Waals surface area contributed by atoms with Gasteiger partial charge in [-0.05, 0) is 26.0 Å². The first-order valence-electron chi connectivity index (χ1n) is 8.40. The fraction of sp³-hybridized carbons (Fsp3) is 0.562. The monoisotopic (exact) mass is 401 g/mol. The van der Waals surface area contributed by atoms with Gasteiger partial charge in [0.15, 0.2) is 0 Å². The van der Waals surface area contributed by atoms with Crippen molar-refractivity contribution in [3.63, 3.8) is 0 Å². The number of nitrogens with zero attached hydrogens (tertiary/aromatic N) is 4. The summed E-state index contributed by atoms with van der Waals surface area (Å²) in [5.41, 5.74) is 0.0157. The minimum Gasteiger partial charge on any atom is -0.470 e. The Labute approximate surface area is 159 Å². The van der Waals surface area contributed by atoms with Crippen molar-refractivity contribution in [3.05, 3.63) is 18.0 Å². The highest BCUT2D eigenvalue weighted by Gasteiger charge is 2.22. The van der Waals surface area contributed by atoms with Gasteiger partial charge in [-0.2, -0.15) is 0 Å². The third-order valence-corrected chi connectivity index (χ3v) is 5.88. The largest absolute Gasteiger partial charge is 0.470 e. The van der Waals surface area contributed by atoms with E-state index in [0.717, 1.165) is 25.9 Å². The zero-order chi connectivity index (χ0) is 18.5. The Morgan fingerprint density at radius 3 is 2.77 bits per heavy atom. The zero-order valence-electron chi connectivity index (χ0n) is 14.6. The quantitative estimate of drug-likeness (QED) is 0.701. The minimum absolute atomic E-state index is 0.195. The van der Waals surface area contributed by atoms with Gasteiger partial charge in [-0.3, -0.25) is 4.31 Å². The molecule has 0 aromatic carbocycles. The number of piperidine rings is 1. The lowest BCUT2D eigenvalue weighted by Gasteiger charge is -2.30. The van der Waals surface area contributed by atoms with Crippen LogP contribution < -0.4 is 10.1 Å². The number of nitrogens with one attached hydrogen (secondary N) is 1. The van der Waals surface area contributed by atoms with Gasteiger partial charge in [-0.15, -0.1) is 0 Å². The molecule has 0 amide bonds. The van der Waals surface area contributed by atoms with Crippen LogP contribution >= 0.6 is 23.3 Å². The standard InChI is InChI=1S/C16H21F2N5OS2/c1-3-24-16-20-9-12(26-16)13-11(14(17)18)8-19-15(22-13)21-10-4-6-23(25-2)7-5-10/h8-10,14H,3-7H2,1-2H3,(H,19,21,22). The Kier molecular flexibility index (Phi) is 6.60. The normalized spacial score (nSPS) is 16.2. The van der Waals surface area contributed by atoms with Crippen molar-refractivity contribution in [1.29, 1.82) is 0 Å². The average molecular weight is 402 g/mol. The lowest BCUT2D eigenvalue weighted by Crippen LogP contribution is -2.35. The maximum Gasteiger partial charge on any atom is 0.273 e. The molecule has 26 heavy (non-hydrogen) atoms. The van der Waals surface area contributed by atoms with Crippen molar-refractivity contribution < 1.29 is 13.5 Å². The molecular formula is C16H21F2N5OS2. The Morgan fingerprint density at radius 2 is 2.12 bits per heavy atom. The van der Waals surface area contributed by atoms with Crippen LogP contribution in [-0.4, -0.2) is 51.3 Å². The van der Waals surface area contributed by atoms with Gasteiger partial charge >= 0.3 is 0 Å². The lowest BCUT2D eigenvalue weighted by atomic mass is 10.1. The molecule has 0 aliphatic carbocycles. The first kappa shape index (κ1) is 19.2. The third-order valence-electron chi connectivity index (χ3n) is 4.08. The van der Waals surface area contributed by atoms with Crippen LogP contribution in [0.4, 0.5) is 14.7 Å². The van der Waals surface area contributed by atoms with Crippen LogP contribution in [0, 0.1) is 0 Å². The smallest absolute Gasteiger partial charge is 0.273 e. The Bertz CT molecular complexity index is 722. The number of rotatable bonds is 7. The molecule has 142 valence electrons. The van der Waals surface area contributed by atoms with Crippen molar-refractivity contribution in [2.45, 2.75) is 32.2 Å². The zero-order valence-corrected chi connectivity index (χ0v) is 16.2. The van der Waals surface area contributed by atoms with E-state index in [1.807, 2.05) is 6.92 Å². The van der Waals surface area contributed by atoms with Gasteiger partial charge in [0.25, 0.3) is 11.6 Å². The molecule has 0 unspecified atom stereocenters. The van der Waals surface area contributed by atoms with Gasteiger partial charge in [-0.1, -0.05) is 23.3 Å². The number of aromatic nitrogens is 3. The lowest BCUT2D eigenvalue weighted by molar-refractivity contribution is 0.151. The van der Waals surface area contributed by atoms with Crippen molar-refractivity contribution in [1.82, 2.24) is 19.3 Å². The molecule has 6 nitrogen and oxygen atoms in total. The number of thiazole rings is 1. The Hall–Kier alpha value is -1.52. The SMILES string of the molecule is CCOc1ncc(-c2nc(NC3CCN(SC)CC3)ncc2C(F)F)s1. The molecule has 10 heteroatoms. The molecule has 1 aliphatic heterocycles. The van der Waals surface area contributed by atoms with Gasteiger partial charge in [0, 0.05) is 25.3 Å². The van der Waals surface area contributed by atoms with Crippen LogP contribution in [0.2, 0.25) is 0 Å². The summed E-state index contributed by atoms with van der Waals surface area (Å²) in [5, 5.41) is 3.73. The van der Waals surface area contributed by atoms with E-state index in [1.165, 1.54) is 23.7 Å². The molecule has 0 radical (unpaired) electrons. The molecule has 3 rings (SSSR count). The Balaban J connectivity index is 1.80. The van der Waals surface area contributed by atoms with E-state index in [2.05, 4.69) is 30.8 Å². The molecule has 1 aliphatic rings. The van der Waals surface area contributed by atoms with Crippen LogP contribution in [0.25, 0.3) is 10.6 Å². The van der Waals surface area contributed by atoms with Crippen LogP contribution in [-0.2, 0) is 0 Å². The highest BCUT2D eigenvalue weighted by atomic mass is 32.2. The first-order valence-corrected chi connectivity index (χ1v) is 10.4. The second-order valence-electron chi connectivity index (χ2n) is 5.75. The summed E-state index contributed by atoms with van der Waals surface area (Å²) in [7, 11) is 0. The minimum atomic E-state index is -2.65. The van der Waals surface area contributed by atoms with Crippen LogP contribution in [0.3, 0.4) is 0 Å². The molecule has 0 saturated carbocycles. The molecule has 0 bridgehead atoms. The predicted molar refractivity (Wildman–Crippen MR) is 101 cm³/mol. The fourth-order valence-corrected chi connectivity index (χ4v) is 4.15. The molecule has 1 fully saturated rings. The maximum atomic E-state index is 13.4. The van der Waals surface area contributed by atoms with Crippen LogP contribution in [0.5, 0.6) is 5.19 Å². The molecular weight excluding hydrogens is 380 g/mol. The summed E-state index contributed by atoms with van der Waals surface area (Å²) < 4.78 is 34.4. The van der Waals surface area contributed by atoms with Gasteiger partial charge in [0.2, 0.25) is 5.95 Å². The number of ether oxygens (including phenoxy) is 1. The van der Waals surface area contributed by atoms with Gasteiger partial charge in [0.05, 0.1) is 28.9 Å². The summed E-state index contributed by atoms with van der Waals surface area (Å²) in [4.78, 5) is 13.1. The number of anilines is 1. The topological polar surface area (TPSA) is 63.2 Å². The second kappa shape index (κ2) is 8.92. The summed E-state index contributed by atoms with van der Waals surface area (Å²) in [6, 6.07) is 0.240. The van der Waals surface area contributed by atoms with E-state index in [1.54, 1.807) is 11.9 Å². The maximum absolute atomic E-state index is 13.4. The number of hydrogen-bond donors (Lipinski definition) is 1. The summed E-state index contributed by atoms with van der Waals surface area (Å²) in [6.45, 7) is 4.28. The van der Waals surface area contributed by atoms with E-state index in [-0.39, 0.29) is 17.3 Å². The van der Waals surface area contributed by atoms with Crippen molar-refractivity contribution in [2.75, 3.05) is 31.3 Å². The van der Waals surface area contributed by atoms with E-state index >= 15 is 0 Å². The van der Waals surface area contributed by atoms with E-state index in [0.29, 0.717) is 22.6 Å². The van der Waals surface area contributed by atoms with Gasteiger partial charge in [-0.25, -0.2) is 23.7 Å². The number of alkyl halides is 2. The van der Waals surface area contributed by atoms with E-state index in [4.69, 9.17) is 4.74 Å². The number of hydrogen-bond acceptors (Lipinski definition) is 8. The molecule has 0 atom stereocenters. The molecule has 2 aromatic heterocycles. The number of halogens is 2. The van der Waals surface area contributed by atoms with Gasteiger partial charge in [0.1, 0.15) is 0 Å². The molecule has 2 aromatic rings. The predicted octanol–water partition coefficient (Wildman–Crippen LogP) is 4.09. The second-order valence-corrected chi connectivity index (χ2v) is 7.63. The van der Waals surface area contributed by atoms with Crippen molar-refractivity contribution >= 4 is 29.2 Å². The van der Waals surface area contributed by atoms with Gasteiger partial charge < -0.3 is 10.1 Å². The van der Waals surface area contributed by atoms with Crippen molar-refractivity contribution in [3.8, 4) is 15.8 Å². The highest BCUT2D eigenvalue weighted by Crippen LogP contribution is 2.35. The van der Waals surface area contributed by atoms with E-state index < -0.39 is 6.43 Å². The van der Waals surface area contributed by atoms with Crippen molar-refractivity contribution in [2.24, 2.45) is 0 Å². The van der Waals surface area contributed by atoms with E-state index in [9.17, 15) is 8.78 Å². The molecule has 1 saturated heterocycles. The Morgan fingerprint density at radius 1 is 1.35 bits per heavy atom. The summed E-state index contributed by atoms with van der Waals surface area (Å²) in [6.07, 6.45) is 4.06. The summed E-state index contributed by atoms with van der Waals surface area (Å²) in [5.74, 6) is 0.373. The highest BCUT2D eigenvalue weighted by molar-refractivity contribution is 7.96. The molecule has 0 spiro atoms. The molecule has 3 heterocycles. The molecule has 1 N–H and O–H groups in total.